The van der Waals surface area contributed by atoms with Gasteiger partial charge in [-0.3, -0.25) is 9.59 Å². The van der Waals surface area contributed by atoms with Crippen LogP contribution in [0.25, 0.3) is 0 Å². The van der Waals surface area contributed by atoms with E-state index in [9.17, 15) is 9.59 Å². The summed E-state index contributed by atoms with van der Waals surface area (Å²) < 4.78 is 5.81. The van der Waals surface area contributed by atoms with Crippen LogP contribution < -0.4 is 10.2 Å². The number of carbonyl (C=O) groups excluding carboxylic acids is 2. The lowest BCUT2D eigenvalue weighted by Crippen LogP contribution is -2.35. The van der Waals surface area contributed by atoms with Crippen molar-refractivity contribution >= 4 is 39.0 Å². The predicted octanol–water partition coefficient (Wildman–Crippen LogP) is 3.77. The fourth-order valence-electron chi connectivity index (χ4n) is 2.78. The fourth-order valence-corrected chi connectivity index (χ4v) is 3.09. The molecule has 1 fully saturated rings. The first-order valence-electron chi connectivity index (χ1n) is 7.47. The van der Waals surface area contributed by atoms with Crippen LogP contribution in [0.3, 0.4) is 0 Å². The maximum atomic E-state index is 12.3. The number of furan rings is 1. The Balaban J connectivity index is 1.86. The van der Waals surface area contributed by atoms with Gasteiger partial charge in [0.25, 0.3) is 5.91 Å². The number of benzene rings is 1. The number of ketones is 1. The van der Waals surface area contributed by atoms with Crippen molar-refractivity contribution in [2.75, 3.05) is 23.3 Å². The summed E-state index contributed by atoms with van der Waals surface area (Å²) in [5.41, 5.74) is 2.77. The molecule has 1 amide bonds. The van der Waals surface area contributed by atoms with E-state index in [1.54, 1.807) is 12.1 Å². The van der Waals surface area contributed by atoms with Crippen LogP contribution in [0, 0.1) is 6.92 Å². The second-order valence-electron chi connectivity index (χ2n) is 5.55. The minimum atomic E-state index is -0.296. The number of hydrogen-bond donors (Lipinski definition) is 1. The Bertz CT molecular complexity index is 744. The Morgan fingerprint density at radius 1 is 1.22 bits per heavy atom. The lowest BCUT2D eigenvalue weighted by molar-refractivity contribution is -0.119. The van der Waals surface area contributed by atoms with Gasteiger partial charge >= 0.3 is 0 Å². The average molecular weight is 377 g/mol. The van der Waals surface area contributed by atoms with Crippen LogP contribution in [0.1, 0.15) is 29.0 Å². The summed E-state index contributed by atoms with van der Waals surface area (Å²) in [6, 6.07) is 9.08. The summed E-state index contributed by atoms with van der Waals surface area (Å²) in [5.74, 6) is 0.245. The lowest BCUT2D eigenvalue weighted by Gasteiger charge is -2.31. The summed E-state index contributed by atoms with van der Waals surface area (Å²) in [4.78, 5) is 25.9. The van der Waals surface area contributed by atoms with Crippen molar-refractivity contribution in [3.05, 3.63) is 46.3 Å². The van der Waals surface area contributed by atoms with E-state index in [0.29, 0.717) is 36.4 Å². The molecule has 1 saturated heterocycles. The smallest absolute Gasteiger partial charge is 0.291 e. The van der Waals surface area contributed by atoms with Gasteiger partial charge in [0, 0.05) is 25.9 Å². The van der Waals surface area contributed by atoms with Crippen molar-refractivity contribution in [3.8, 4) is 0 Å². The number of rotatable bonds is 3. The minimum Gasteiger partial charge on any atom is -0.444 e. The predicted molar refractivity (Wildman–Crippen MR) is 92.0 cm³/mol. The van der Waals surface area contributed by atoms with Crippen LogP contribution in [-0.4, -0.2) is 24.8 Å². The van der Waals surface area contributed by atoms with Gasteiger partial charge in [-0.25, -0.2) is 0 Å². The zero-order valence-electron chi connectivity index (χ0n) is 12.8. The van der Waals surface area contributed by atoms with Gasteiger partial charge in [-0.15, -0.1) is 0 Å². The molecule has 3 rings (SSSR count). The van der Waals surface area contributed by atoms with Crippen molar-refractivity contribution in [3.63, 3.8) is 0 Å². The molecule has 1 aromatic heterocycles. The number of Topliss-reactive ketones (excluding diaryl/α,β-unsaturated/α-hetero) is 1. The number of para-hydroxylation sites is 1. The van der Waals surface area contributed by atoms with E-state index in [2.05, 4.69) is 26.1 Å². The summed E-state index contributed by atoms with van der Waals surface area (Å²) in [5, 5.41) is 2.91. The summed E-state index contributed by atoms with van der Waals surface area (Å²) in [6.07, 6.45) is 1.10. The molecule has 0 aliphatic carbocycles. The number of carbonyl (C=O) groups is 2. The molecule has 0 spiro atoms. The molecule has 0 bridgehead atoms. The largest absolute Gasteiger partial charge is 0.444 e. The van der Waals surface area contributed by atoms with Crippen molar-refractivity contribution in [1.82, 2.24) is 0 Å². The molecule has 120 valence electrons. The molecule has 6 heteroatoms. The number of nitrogens with zero attached hydrogens (tertiary/aromatic N) is 1. The van der Waals surface area contributed by atoms with Crippen LogP contribution in [-0.2, 0) is 4.79 Å². The Labute approximate surface area is 142 Å². The number of nitrogens with one attached hydrogen (secondary N) is 1. The second kappa shape index (κ2) is 6.58. The molecular formula is C17H17BrN2O3. The Morgan fingerprint density at radius 3 is 2.61 bits per heavy atom. The zero-order chi connectivity index (χ0) is 16.4. The number of anilines is 2. The number of hydrogen-bond acceptors (Lipinski definition) is 4. The number of amides is 1. The van der Waals surface area contributed by atoms with E-state index >= 15 is 0 Å². The molecule has 1 N–H and O–H groups in total. The van der Waals surface area contributed by atoms with E-state index in [0.717, 1.165) is 16.9 Å². The van der Waals surface area contributed by atoms with Gasteiger partial charge < -0.3 is 14.6 Å². The molecule has 23 heavy (non-hydrogen) atoms. The summed E-state index contributed by atoms with van der Waals surface area (Å²) in [6.45, 7) is 3.36. The average Bonchev–Trinajstić information content (AvgIpc) is 2.96. The van der Waals surface area contributed by atoms with Gasteiger partial charge in [0.05, 0.1) is 11.4 Å². The number of halogens is 1. The zero-order valence-corrected chi connectivity index (χ0v) is 14.4. The topological polar surface area (TPSA) is 62.6 Å². The molecule has 5 nitrogen and oxygen atoms in total. The highest BCUT2D eigenvalue weighted by atomic mass is 79.9. The minimum absolute atomic E-state index is 0.248. The van der Waals surface area contributed by atoms with Crippen LogP contribution in [0.5, 0.6) is 0 Å². The number of piperidine rings is 1. The van der Waals surface area contributed by atoms with Crippen molar-refractivity contribution < 1.29 is 14.0 Å². The van der Waals surface area contributed by atoms with Crippen LogP contribution in [0.2, 0.25) is 0 Å². The molecule has 2 heterocycles. The van der Waals surface area contributed by atoms with E-state index in [4.69, 9.17) is 4.42 Å². The Hall–Kier alpha value is -2.08. The second-order valence-corrected chi connectivity index (χ2v) is 6.34. The third-order valence-electron chi connectivity index (χ3n) is 3.92. The fraction of sp³-hybridized carbons (Fsp3) is 0.294. The Kier molecular flexibility index (Phi) is 4.52. The Morgan fingerprint density at radius 2 is 1.96 bits per heavy atom. The van der Waals surface area contributed by atoms with E-state index in [-0.39, 0.29) is 11.7 Å². The summed E-state index contributed by atoms with van der Waals surface area (Å²) >= 11 is 3.19. The van der Waals surface area contributed by atoms with Crippen LogP contribution >= 0.6 is 15.9 Å². The molecule has 1 aliphatic rings. The van der Waals surface area contributed by atoms with Gasteiger partial charge in [0.2, 0.25) is 0 Å². The molecule has 0 radical (unpaired) electrons. The highest BCUT2D eigenvalue weighted by molar-refractivity contribution is 9.10. The molecule has 0 atom stereocenters. The van der Waals surface area contributed by atoms with Gasteiger partial charge in [-0.1, -0.05) is 12.1 Å². The number of aryl methyl sites for hydroxylation is 1. The molecule has 0 saturated carbocycles. The van der Waals surface area contributed by atoms with Crippen LogP contribution in [0.15, 0.2) is 39.4 Å². The van der Waals surface area contributed by atoms with Crippen LogP contribution in [0.4, 0.5) is 11.4 Å². The monoisotopic (exact) mass is 376 g/mol. The third-order valence-corrected chi connectivity index (χ3v) is 4.35. The first kappa shape index (κ1) is 15.8. The third kappa shape index (κ3) is 3.47. The lowest BCUT2D eigenvalue weighted by atomic mass is 10.1. The SMILES string of the molecule is Cc1cccc(NC(=O)c2ccc(Br)o2)c1N1CCC(=O)CC1. The van der Waals surface area contributed by atoms with Gasteiger partial charge in [0.15, 0.2) is 10.4 Å². The van der Waals surface area contributed by atoms with Gasteiger partial charge in [-0.2, -0.15) is 0 Å². The maximum Gasteiger partial charge on any atom is 0.291 e. The quantitative estimate of drug-likeness (QED) is 0.885. The first-order valence-corrected chi connectivity index (χ1v) is 8.27. The summed E-state index contributed by atoms with van der Waals surface area (Å²) in [7, 11) is 0. The van der Waals surface area contributed by atoms with E-state index < -0.39 is 0 Å². The maximum absolute atomic E-state index is 12.3. The first-order chi connectivity index (χ1) is 11.0. The highest BCUT2D eigenvalue weighted by Crippen LogP contribution is 2.32. The molecule has 2 aromatic rings. The van der Waals surface area contributed by atoms with Crippen molar-refractivity contribution in [2.24, 2.45) is 0 Å². The molecule has 1 aromatic carbocycles. The van der Waals surface area contributed by atoms with E-state index in [1.807, 2.05) is 25.1 Å². The van der Waals surface area contributed by atoms with E-state index in [1.165, 1.54) is 0 Å². The van der Waals surface area contributed by atoms with Crippen molar-refractivity contribution in [2.45, 2.75) is 19.8 Å². The highest BCUT2D eigenvalue weighted by Gasteiger charge is 2.21. The normalized spacial score (nSPS) is 14.9. The molecule has 0 unspecified atom stereocenters. The molecular weight excluding hydrogens is 360 g/mol. The molecule has 1 aliphatic heterocycles. The standard InChI is InChI=1S/C17H17BrN2O3/c1-11-3-2-4-13(16(11)20-9-7-12(21)8-10-20)19-17(22)14-5-6-15(18)23-14/h2-6H,7-10H2,1H3,(H,19,22). The van der Waals surface area contributed by atoms with Gasteiger partial charge in [-0.05, 0) is 46.6 Å². The van der Waals surface area contributed by atoms with Gasteiger partial charge in [0.1, 0.15) is 5.78 Å². The van der Waals surface area contributed by atoms with Crippen molar-refractivity contribution in [1.29, 1.82) is 0 Å².